The third-order valence-corrected chi connectivity index (χ3v) is 3.94. The summed E-state index contributed by atoms with van der Waals surface area (Å²) < 4.78 is 29.2. The van der Waals surface area contributed by atoms with Crippen molar-refractivity contribution in [1.29, 1.82) is 0 Å². The Kier molecular flexibility index (Phi) is 6.66. The molecule has 0 atom stereocenters. The standard InChI is InChI=1S/C17H18ClFN2O3S/c1-22-14-7-4-10(15(23-2)16(14)24-3)9-20-17(25)21-11-5-6-13(19)12(18)8-11/h4-8H,9H2,1-3H3,(H2,20,21,25). The van der Waals surface area contributed by atoms with Gasteiger partial charge in [0, 0.05) is 17.8 Å². The van der Waals surface area contributed by atoms with E-state index >= 15 is 0 Å². The Morgan fingerprint density at radius 3 is 2.40 bits per heavy atom. The summed E-state index contributed by atoms with van der Waals surface area (Å²) in [7, 11) is 4.65. The van der Waals surface area contributed by atoms with E-state index in [0.717, 1.165) is 5.56 Å². The van der Waals surface area contributed by atoms with Crippen LogP contribution in [0, 0.1) is 5.82 Å². The maximum absolute atomic E-state index is 13.2. The molecule has 0 aliphatic carbocycles. The molecular formula is C17H18ClFN2O3S. The van der Waals surface area contributed by atoms with Gasteiger partial charge in [-0.15, -0.1) is 0 Å². The minimum absolute atomic E-state index is 0.0226. The van der Waals surface area contributed by atoms with Gasteiger partial charge in [0.25, 0.3) is 0 Å². The summed E-state index contributed by atoms with van der Waals surface area (Å²) in [5, 5.41) is 6.38. The minimum atomic E-state index is -0.485. The Balaban J connectivity index is 2.07. The van der Waals surface area contributed by atoms with Crippen LogP contribution in [0.3, 0.4) is 0 Å². The lowest BCUT2D eigenvalue weighted by molar-refractivity contribution is 0.322. The summed E-state index contributed by atoms with van der Waals surface area (Å²) >= 11 is 11.0. The van der Waals surface area contributed by atoms with Crippen LogP contribution in [0.15, 0.2) is 30.3 Å². The van der Waals surface area contributed by atoms with Crippen molar-refractivity contribution in [3.05, 3.63) is 46.7 Å². The van der Waals surface area contributed by atoms with E-state index in [-0.39, 0.29) is 5.02 Å². The average Bonchev–Trinajstić information content (AvgIpc) is 2.61. The lowest BCUT2D eigenvalue weighted by Crippen LogP contribution is -2.28. The van der Waals surface area contributed by atoms with Crippen LogP contribution in [0.1, 0.15) is 5.56 Å². The van der Waals surface area contributed by atoms with Crippen LogP contribution in [0.5, 0.6) is 17.2 Å². The summed E-state index contributed by atoms with van der Waals surface area (Å²) in [5.74, 6) is 1.15. The molecule has 0 spiro atoms. The molecule has 2 N–H and O–H groups in total. The lowest BCUT2D eigenvalue weighted by atomic mass is 10.1. The Bertz CT molecular complexity index is 774. The van der Waals surface area contributed by atoms with Gasteiger partial charge >= 0.3 is 0 Å². The van der Waals surface area contributed by atoms with Crippen LogP contribution >= 0.6 is 23.8 Å². The smallest absolute Gasteiger partial charge is 0.203 e. The molecule has 25 heavy (non-hydrogen) atoms. The molecule has 0 aromatic heterocycles. The molecular weight excluding hydrogens is 367 g/mol. The second-order valence-corrected chi connectivity index (χ2v) is 5.75. The van der Waals surface area contributed by atoms with Gasteiger partial charge in [0.1, 0.15) is 5.82 Å². The fourth-order valence-electron chi connectivity index (χ4n) is 2.23. The number of nitrogens with one attached hydrogen (secondary N) is 2. The lowest BCUT2D eigenvalue weighted by Gasteiger charge is -2.17. The van der Waals surface area contributed by atoms with Gasteiger partial charge < -0.3 is 24.8 Å². The Labute approximate surface area is 156 Å². The van der Waals surface area contributed by atoms with Crippen molar-refractivity contribution in [2.75, 3.05) is 26.6 Å². The maximum Gasteiger partial charge on any atom is 0.203 e. The van der Waals surface area contributed by atoms with Crippen molar-refractivity contribution >= 4 is 34.6 Å². The minimum Gasteiger partial charge on any atom is -0.493 e. The highest BCUT2D eigenvalue weighted by atomic mass is 35.5. The van der Waals surface area contributed by atoms with Crippen LogP contribution in [-0.4, -0.2) is 26.4 Å². The number of methoxy groups -OCH3 is 3. The van der Waals surface area contributed by atoms with Crippen LogP contribution < -0.4 is 24.8 Å². The molecule has 0 unspecified atom stereocenters. The molecule has 0 amide bonds. The Hall–Kier alpha value is -2.25. The normalized spacial score (nSPS) is 10.1. The Morgan fingerprint density at radius 1 is 1.08 bits per heavy atom. The highest BCUT2D eigenvalue weighted by Crippen LogP contribution is 2.39. The first-order chi connectivity index (χ1) is 12.0. The van der Waals surface area contributed by atoms with E-state index in [1.54, 1.807) is 33.5 Å². The molecule has 8 heteroatoms. The molecule has 0 bridgehead atoms. The third-order valence-electron chi connectivity index (χ3n) is 3.40. The summed E-state index contributed by atoms with van der Waals surface area (Å²) in [6.45, 7) is 0.393. The molecule has 2 rings (SSSR count). The molecule has 0 heterocycles. The molecule has 2 aromatic rings. The quantitative estimate of drug-likeness (QED) is 0.734. The molecule has 2 aromatic carbocycles. The maximum atomic E-state index is 13.2. The zero-order valence-electron chi connectivity index (χ0n) is 14.0. The zero-order chi connectivity index (χ0) is 18.4. The van der Waals surface area contributed by atoms with Gasteiger partial charge in [0.2, 0.25) is 5.75 Å². The van der Waals surface area contributed by atoms with Crippen LogP contribution in [0.2, 0.25) is 5.02 Å². The predicted molar refractivity (Wildman–Crippen MR) is 101 cm³/mol. The van der Waals surface area contributed by atoms with Crippen LogP contribution in [-0.2, 0) is 6.54 Å². The fraction of sp³-hybridized carbons (Fsp3) is 0.235. The van der Waals surface area contributed by atoms with Gasteiger partial charge in [-0.3, -0.25) is 0 Å². The molecule has 0 radical (unpaired) electrons. The number of hydrogen-bond acceptors (Lipinski definition) is 4. The molecule has 134 valence electrons. The second kappa shape index (κ2) is 8.73. The van der Waals surface area contributed by atoms with Crippen molar-refractivity contribution in [1.82, 2.24) is 5.32 Å². The number of halogens is 2. The first-order valence-corrected chi connectivity index (χ1v) is 8.06. The van der Waals surface area contributed by atoms with Gasteiger partial charge in [0.05, 0.1) is 26.4 Å². The van der Waals surface area contributed by atoms with E-state index in [1.807, 2.05) is 6.07 Å². The van der Waals surface area contributed by atoms with Crippen LogP contribution in [0.25, 0.3) is 0 Å². The number of rotatable bonds is 6. The van der Waals surface area contributed by atoms with Gasteiger partial charge in [-0.25, -0.2) is 4.39 Å². The first-order valence-electron chi connectivity index (χ1n) is 7.28. The largest absolute Gasteiger partial charge is 0.493 e. The van der Waals surface area contributed by atoms with Crippen LogP contribution in [0.4, 0.5) is 10.1 Å². The number of benzene rings is 2. The highest BCUT2D eigenvalue weighted by Gasteiger charge is 2.15. The summed E-state index contributed by atoms with van der Waals surface area (Å²) in [4.78, 5) is 0. The van der Waals surface area contributed by atoms with E-state index < -0.39 is 5.82 Å². The van der Waals surface area contributed by atoms with E-state index in [2.05, 4.69) is 10.6 Å². The number of hydrogen-bond donors (Lipinski definition) is 2. The van der Waals surface area contributed by atoms with Gasteiger partial charge in [-0.1, -0.05) is 11.6 Å². The number of thiocarbonyl (C=S) groups is 1. The Morgan fingerprint density at radius 2 is 1.80 bits per heavy atom. The van der Waals surface area contributed by atoms with Crippen molar-refractivity contribution < 1.29 is 18.6 Å². The van der Waals surface area contributed by atoms with Crippen molar-refractivity contribution in [3.63, 3.8) is 0 Å². The van der Waals surface area contributed by atoms with Gasteiger partial charge in [-0.05, 0) is 42.5 Å². The molecule has 0 aliphatic rings. The molecule has 0 aliphatic heterocycles. The zero-order valence-corrected chi connectivity index (χ0v) is 15.6. The SMILES string of the molecule is COc1ccc(CNC(=S)Nc2ccc(F)c(Cl)c2)c(OC)c1OC. The molecule has 0 saturated carbocycles. The highest BCUT2D eigenvalue weighted by molar-refractivity contribution is 7.80. The monoisotopic (exact) mass is 384 g/mol. The topological polar surface area (TPSA) is 51.8 Å². The average molecular weight is 385 g/mol. The third kappa shape index (κ3) is 4.64. The molecule has 5 nitrogen and oxygen atoms in total. The fourth-order valence-corrected chi connectivity index (χ4v) is 2.60. The number of anilines is 1. The summed E-state index contributed by atoms with van der Waals surface area (Å²) in [6.07, 6.45) is 0. The van der Waals surface area contributed by atoms with E-state index in [0.29, 0.717) is 34.6 Å². The second-order valence-electron chi connectivity index (χ2n) is 4.93. The van der Waals surface area contributed by atoms with Crippen molar-refractivity contribution in [2.45, 2.75) is 6.54 Å². The van der Waals surface area contributed by atoms with Crippen molar-refractivity contribution in [3.8, 4) is 17.2 Å². The summed E-state index contributed by atoms with van der Waals surface area (Å²) in [5.41, 5.74) is 1.42. The van der Waals surface area contributed by atoms with Gasteiger partial charge in [-0.2, -0.15) is 0 Å². The van der Waals surface area contributed by atoms with Gasteiger partial charge in [0.15, 0.2) is 16.6 Å². The van der Waals surface area contributed by atoms with E-state index in [9.17, 15) is 4.39 Å². The first kappa shape index (κ1) is 19.1. The van der Waals surface area contributed by atoms with E-state index in [4.69, 9.17) is 38.0 Å². The summed E-state index contributed by atoms with van der Waals surface area (Å²) in [6, 6.07) is 7.91. The van der Waals surface area contributed by atoms with E-state index in [1.165, 1.54) is 12.1 Å². The predicted octanol–water partition coefficient (Wildman–Crippen LogP) is 3.99. The molecule has 0 fully saturated rings. The molecule has 0 saturated heterocycles. The van der Waals surface area contributed by atoms with Crippen molar-refractivity contribution in [2.24, 2.45) is 0 Å². The number of ether oxygens (including phenoxy) is 3.